The van der Waals surface area contributed by atoms with E-state index < -0.39 is 36.5 Å². The molecule has 2 aromatic rings. The van der Waals surface area contributed by atoms with Crippen LogP contribution in [0.4, 0.5) is 13.2 Å². The molecule has 142 valence electrons. The minimum Gasteiger partial charge on any atom is -0.484 e. The smallest absolute Gasteiger partial charge is 0.431 e. The van der Waals surface area contributed by atoms with E-state index >= 15 is 0 Å². The molecule has 0 saturated carbocycles. The molecule has 1 heterocycles. The van der Waals surface area contributed by atoms with E-state index in [1.54, 1.807) is 42.5 Å². The molecule has 5 nitrogen and oxygen atoms in total. The molecule has 3 rings (SSSR count). The third-order valence-corrected chi connectivity index (χ3v) is 4.49. The number of benzene rings is 2. The van der Waals surface area contributed by atoms with E-state index in [2.05, 4.69) is 21.0 Å². The standard InChI is InChI=1S/C18H14BrF3N2O3/c19-13-8-6-12(7-9-13)17(26)10-15(18(20,21)22)23-24(17)16(25)11-27-14-4-2-1-3-5-14/h1-9,26H,10-11H2/t17-/m0/s1. The van der Waals surface area contributed by atoms with Gasteiger partial charge in [-0.1, -0.05) is 46.3 Å². The van der Waals surface area contributed by atoms with Gasteiger partial charge in [-0.3, -0.25) is 4.79 Å². The van der Waals surface area contributed by atoms with Crippen molar-refractivity contribution < 1.29 is 27.8 Å². The highest BCUT2D eigenvalue weighted by molar-refractivity contribution is 9.10. The van der Waals surface area contributed by atoms with E-state index in [9.17, 15) is 23.1 Å². The summed E-state index contributed by atoms with van der Waals surface area (Å²) in [6.07, 6.45) is -5.63. The highest BCUT2D eigenvalue weighted by atomic mass is 79.9. The molecule has 27 heavy (non-hydrogen) atoms. The van der Waals surface area contributed by atoms with Crippen molar-refractivity contribution >= 4 is 27.5 Å². The van der Waals surface area contributed by atoms with Gasteiger partial charge in [-0.2, -0.15) is 23.3 Å². The third kappa shape index (κ3) is 4.14. The van der Waals surface area contributed by atoms with Gasteiger partial charge >= 0.3 is 6.18 Å². The summed E-state index contributed by atoms with van der Waals surface area (Å²) in [5.74, 6) is -0.527. The highest BCUT2D eigenvalue weighted by Crippen LogP contribution is 2.40. The van der Waals surface area contributed by atoms with E-state index in [1.807, 2.05) is 0 Å². The lowest BCUT2D eigenvalue weighted by atomic mass is 9.97. The van der Waals surface area contributed by atoms with Crippen LogP contribution < -0.4 is 4.74 Å². The number of alkyl halides is 3. The molecular weight excluding hydrogens is 429 g/mol. The maximum atomic E-state index is 13.2. The summed E-state index contributed by atoms with van der Waals surface area (Å²) in [6.45, 7) is -0.572. The van der Waals surface area contributed by atoms with Crippen LogP contribution in [0.25, 0.3) is 0 Å². The Balaban J connectivity index is 1.88. The second-order valence-electron chi connectivity index (χ2n) is 5.85. The van der Waals surface area contributed by atoms with Gasteiger partial charge in [0.1, 0.15) is 11.5 Å². The summed E-state index contributed by atoms with van der Waals surface area (Å²) in [5.41, 5.74) is -3.37. The predicted octanol–water partition coefficient (Wildman–Crippen LogP) is 3.82. The molecular formula is C18H14BrF3N2O3. The summed E-state index contributed by atoms with van der Waals surface area (Å²) in [7, 11) is 0. The Kier molecular flexibility index (Phi) is 5.25. The highest BCUT2D eigenvalue weighted by Gasteiger charge is 2.53. The monoisotopic (exact) mass is 442 g/mol. The Morgan fingerprint density at radius 2 is 1.81 bits per heavy atom. The van der Waals surface area contributed by atoms with Crippen molar-refractivity contribution in [2.24, 2.45) is 5.10 Å². The first kappa shape index (κ1) is 19.4. The molecule has 1 aliphatic rings. The molecule has 1 amide bonds. The van der Waals surface area contributed by atoms with E-state index in [4.69, 9.17) is 4.74 Å². The number of rotatable bonds is 4. The minimum absolute atomic E-state index is 0.113. The molecule has 0 spiro atoms. The first-order chi connectivity index (χ1) is 12.7. The number of hydrogen-bond donors (Lipinski definition) is 1. The Bertz CT molecular complexity index is 856. The normalized spacial score (nSPS) is 19.7. The molecule has 0 bridgehead atoms. The maximum Gasteiger partial charge on any atom is 0.431 e. The van der Waals surface area contributed by atoms with Gasteiger partial charge in [-0.05, 0) is 24.3 Å². The van der Waals surface area contributed by atoms with E-state index in [1.165, 1.54) is 12.1 Å². The lowest BCUT2D eigenvalue weighted by Gasteiger charge is -2.31. The van der Waals surface area contributed by atoms with Crippen LogP contribution in [0.5, 0.6) is 5.75 Å². The number of para-hydroxylation sites is 1. The van der Waals surface area contributed by atoms with Gasteiger partial charge in [0.2, 0.25) is 0 Å². The second-order valence-corrected chi connectivity index (χ2v) is 6.77. The van der Waals surface area contributed by atoms with E-state index in [0.29, 0.717) is 15.2 Å². The van der Waals surface area contributed by atoms with Crippen molar-refractivity contribution in [2.45, 2.75) is 18.3 Å². The SMILES string of the molecule is O=C(COc1ccccc1)N1N=C(C(F)(F)F)C[C@]1(O)c1ccc(Br)cc1. The molecule has 9 heteroatoms. The molecule has 1 aliphatic heterocycles. The molecule has 1 atom stereocenters. The van der Waals surface area contributed by atoms with E-state index in [-0.39, 0.29) is 5.56 Å². The third-order valence-electron chi connectivity index (χ3n) is 3.96. The van der Waals surface area contributed by atoms with Crippen molar-refractivity contribution in [2.75, 3.05) is 6.61 Å². The molecule has 0 aromatic heterocycles. The first-order valence-corrected chi connectivity index (χ1v) is 8.63. The van der Waals surface area contributed by atoms with Crippen LogP contribution in [0.1, 0.15) is 12.0 Å². The molecule has 2 aromatic carbocycles. The quantitative estimate of drug-likeness (QED) is 0.782. The van der Waals surface area contributed by atoms with Gasteiger partial charge in [0, 0.05) is 10.0 Å². The molecule has 1 N–H and O–H groups in total. The zero-order valence-corrected chi connectivity index (χ0v) is 15.4. The molecule has 0 radical (unpaired) electrons. The number of amides is 1. The average Bonchev–Trinajstić information content (AvgIpc) is 3.00. The molecule has 0 fully saturated rings. The zero-order chi connectivity index (χ0) is 19.7. The summed E-state index contributed by atoms with van der Waals surface area (Å²) in [5, 5.41) is 14.7. The van der Waals surface area contributed by atoms with Gasteiger partial charge in [-0.15, -0.1) is 0 Å². The van der Waals surface area contributed by atoms with Crippen molar-refractivity contribution in [3.8, 4) is 5.75 Å². The topological polar surface area (TPSA) is 62.1 Å². The number of hydrazone groups is 1. The van der Waals surface area contributed by atoms with Gasteiger partial charge in [-0.25, -0.2) is 0 Å². The lowest BCUT2D eigenvalue weighted by molar-refractivity contribution is -0.160. The summed E-state index contributed by atoms with van der Waals surface area (Å²) in [4.78, 5) is 12.5. The van der Waals surface area contributed by atoms with Crippen LogP contribution in [-0.4, -0.2) is 34.5 Å². The van der Waals surface area contributed by atoms with Crippen LogP contribution in [0.2, 0.25) is 0 Å². The van der Waals surface area contributed by atoms with Crippen LogP contribution in [-0.2, 0) is 10.5 Å². The van der Waals surface area contributed by atoms with Crippen LogP contribution in [0.15, 0.2) is 64.2 Å². The number of carbonyl (C=O) groups is 1. The maximum absolute atomic E-state index is 13.2. The average molecular weight is 443 g/mol. The Hall–Kier alpha value is -2.39. The fraction of sp³-hybridized carbons (Fsp3) is 0.222. The fourth-order valence-electron chi connectivity index (χ4n) is 2.63. The fourth-order valence-corrected chi connectivity index (χ4v) is 2.89. The number of aliphatic hydroxyl groups is 1. The van der Waals surface area contributed by atoms with Crippen molar-refractivity contribution in [1.29, 1.82) is 0 Å². The second kappa shape index (κ2) is 7.32. The van der Waals surface area contributed by atoms with Crippen molar-refractivity contribution in [3.05, 3.63) is 64.6 Å². The first-order valence-electron chi connectivity index (χ1n) is 7.84. The summed E-state index contributed by atoms with van der Waals surface area (Å²) < 4.78 is 45.4. The lowest BCUT2D eigenvalue weighted by Crippen LogP contribution is -2.45. The van der Waals surface area contributed by atoms with Crippen molar-refractivity contribution in [1.82, 2.24) is 5.01 Å². The van der Waals surface area contributed by atoms with Gasteiger partial charge in [0.25, 0.3) is 5.91 Å². The van der Waals surface area contributed by atoms with Crippen molar-refractivity contribution in [3.63, 3.8) is 0 Å². The number of hydrogen-bond acceptors (Lipinski definition) is 4. The number of carbonyl (C=O) groups excluding carboxylic acids is 1. The number of nitrogens with zero attached hydrogens (tertiary/aromatic N) is 2. The Labute approximate surface area is 161 Å². The van der Waals surface area contributed by atoms with Gasteiger partial charge in [0.15, 0.2) is 12.3 Å². The predicted molar refractivity (Wildman–Crippen MR) is 94.9 cm³/mol. The Morgan fingerprint density at radius 1 is 1.19 bits per heavy atom. The van der Waals surface area contributed by atoms with Gasteiger partial charge in [0.05, 0.1) is 6.42 Å². The van der Waals surface area contributed by atoms with E-state index in [0.717, 1.165) is 0 Å². The number of ether oxygens (including phenoxy) is 1. The molecule has 0 unspecified atom stereocenters. The minimum atomic E-state index is -4.77. The van der Waals surface area contributed by atoms with Crippen LogP contribution >= 0.6 is 15.9 Å². The Morgan fingerprint density at radius 3 is 2.41 bits per heavy atom. The molecule has 0 aliphatic carbocycles. The zero-order valence-electron chi connectivity index (χ0n) is 13.8. The summed E-state index contributed by atoms with van der Waals surface area (Å²) >= 11 is 3.22. The number of halogens is 4. The summed E-state index contributed by atoms with van der Waals surface area (Å²) in [6, 6.07) is 14.3. The largest absolute Gasteiger partial charge is 0.484 e. The van der Waals surface area contributed by atoms with Gasteiger partial charge < -0.3 is 9.84 Å². The molecule has 0 saturated heterocycles. The van der Waals surface area contributed by atoms with Crippen LogP contribution in [0, 0.1) is 0 Å². The van der Waals surface area contributed by atoms with Crippen LogP contribution in [0.3, 0.4) is 0 Å².